The van der Waals surface area contributed by atoms with Crippen LogP contribution < -0.4 is 5.32 Å². The Bertz CT molecular complexity index is 450. The Labute approximate surface area is 122 Å². The molecule has 1 N–H and O–H groups in total. The summed E-state index contributed by atoms with van der Waals surface area (Å²) in [5, 5.41) is 3.79. The molecule has 2 heteroatoms. The lowest BCUT2D eigenvalue weighted by atomic mass is 9.60. The maximum atomic E-state index is 5.99. The van der Waals surface area contributed by atoms with E-state index >= 15 is 0 Å². The molecule has 1 aromatic carbocycles. The van der Waals surface area contributed by atoms with Gasteiger partial charge in [-0.15, -0.1) is 0 Å². The molecule has 1 aromatic rings. The molecule has 1 spiro atoms. The molecule has 0 aliphatic heterocycles. The number of aryl methyl sites for hydroxylation is 1. The lowest BCUT2D eigenvalue weighted by Gasteiger charge is -2.54. The van der Waals surface area contributed by atoms with Crippen LogP contribution in [-0.4, -0.2) is 18.8 Å². The van der Waals surface area contributed by atoms with Crippen molar-refractivity contribution in [3.63, 3.8) is 0 Å². The molecular formula is C18H27NO. The number of ether oxygens (including phenoxy) is 1. The van der Waals surface area contributed by atoms with Crippen molar-refractivity contribution in [1.82, 2.24) is 0 Å². The van der Waals surface area contributed by atoms with E-state index in [0.717, 1.165) is 13.0 Å². The zero-order valence-electron chi connectivity index (χ0n) is 12.8. The highest BCUT2D eigenvalue weighted by atomic mass is 16.5. The predicted octanol–water partition coefficient (Wildman–Crippen LogP) is 4.40. The highest BCUT2D eigenvalue weighted by Crippen LogP contribution is 2.55. The van der Waals surface area contributed by atoms with Gasteiger partial charge in [-0.3, -0.25) is 0 Å². The van der Waals surface area contributed by atoms with E-state index in [0.29, 0.717) is 17.6 Å². The molecule has 0 aromatic heterocycles. The quantitative estimate of drug-likeness (QED) is 0.858. The molecule has 2 aliphatic carbocycles. The SMILES string of the molecule is CCOC1CC(Nc2cccc(CC)c2)C12CCCC2. The van der Waals surface area contributed by atoms with E-state index < -0.39 is 0 Å². The van der Waals surface area contributed by atoms with Gasteiger partial charge in [0.15, 0.2) is 0 Å². The van der Waals surface area contributed by atoms with Gasteiger partial charge in [0.05, 0.1) is 6.10 Å². The van der Waals surface area contributed by atoms with Crippen LogP contribution in [0.15, 0.2) is 24.3 Å². The van der Waals surface area contributed by atoms with Crippen molar-refractivity contribution in [1.29, 1.82) is 0 Å². The molecule has 2 unspecified atom stereocenters. The van der Waals surface area contributed by atoms with E-state index in [9.17, 15) is 0 Å². The van der Waals surface area contributed by atoms with Crippen LogP contribution in [-0.2, 0) is 11.2 Å². The summed E-state index contributed by atoms with van der Waals surface area (Å²) in [4.78, 5) is 0. The Morgan fingerprint density at radius 2 is 2.05 bits per heavy atom. The van der Waals surface area contributed by atoms with Crippen molar-refractivity contribution in [3.8, 4) is 0 Å². The van der Waals surface area contributed by atoms with Crippen LogP contribution in [0.4, 0.5) is 5.69 Å². The molecule has 2 nitrogen and oxygen atoms in total. The molecule has 3 rings (SSSR count). The van der Waals surface area contributed by atoms with Gasteiger partial charge in [0.2, 0.25) is 0 Å². The summed E-state index contributed by atoms with van der Waals surface area (Å²) in [6.45, 7) is 5.19. The normalized spacial score (nSPS) is 27.5. The summed E-state index contributed by atoms with van der Waals surface area (Å²) in [5.74, 6) is 0. The van der Waals surface area contributed by atoms with Gasteiger partial charge < -0.3 is 10.1 Å². The highest BCUT2D eigenvalue weighted by molar-refractivity contribution is 5.48. The highest BCUT2D eigenvalue weighted by Gasteiger charge is 2.56. The first-order valence-corrected chi connectivity index (χ1v) is 8.25. The number of benzene rings is 1. The van der Waals surface area contributed by atoms with Gasteiger partial charge in [0, 0.05) is 23.8 Å². The predicted molar refractivity (Wildman–Crippen MR) is 84.2 cm³/mol. The number of nitrogens with one attached hydrogen (secondary N) is 1. The fraction of sp³-hybridized carbons (Fsp3) is 0.667. The zero-order chi connectivity index (χ0) is 14.0. The Morgan fingerprint density at radius 1 is 1.25 bits per heavy atom. The largest absolute Gasteiger partial charge is 0.382 e. The lowest BCUT2D eigenvalue weighted by Crippen LogP contribution is -2.60. The zero-order valence-corrected chi connectivity index (χ0v) is 12.8. The van der Waals surface area contributed by atoms with Gasteiger partial charge in [0.1, 0.15) is 0 Å². The first-order chi connectivity index (χ1) is 9.78. The summed E-state index contributed by atoms with van der Waals surface area (Å²) in [7, 11) is 0. The summed E-state index contributed by atoms with van der Waals surface area (Å²) in [5.41, 5.74) is 3.12. The minimum Gasteiger partial charge on any atom is -0.382 e. The maximum absolute atomic E-state index is 5.99. The minimum absolute atomic E-state index is 0.415. The Hall–Kier alpha value is -1.02. The smallest absolute Gasteiger partial charge is 0.0670 e. The average Bonchev–Trinajstić information content (AvgIpc) is 2.99. The maximum Gasteiger partial charge on any atom is 0.0670 e. The van der Waals surface area contributed by atoms with Crippen molar-refractivity contribution in [2.75, 3.05) is 11.9 Å². The molecule has 20 heavy (non-hydrogen) atoms. The second-order valence-corrected chi connectivity index (χ2v) is 6.37. The van der Waals surface area contributed by atoms with E-state index in [1.165, 1.54) is 43.4 Å². The fourth-order valence-electron chi connectivity index (χ4n) is 4.17. The van der Waals surface area contributed by atoms with Crippen molar-refractivity contribution in [2.24, 2.45) is 5.41 Å². The van der Waals surface area contributed by atoms with Crippen LogP contribution in [0.2, 0.25) is 0 Å². The van der Waals surface area contributed by atoms with Crippen molar-refractivity contribution < 1.29 is 4.74 Å². The molecular weight excluding hydrogens is 246 g/mol. The van der Waals surface area contributed by atoms with E-state index in [4.69, 9.17) is 4.74 Å². The third-order valence-electron chi connectivity index (χ3n) is 5.36. The second-order valence-electron chi connectivity index (χ2n) is 6.37. The molecule has 0 radical (unpaired) electrons. The molecule has 110 valence electrons. The molecule has 0 saturated heterocycles. The number of hydrogen-bond donors (Lipinski definition) is 1. The van der Waals surface area contributed by atoms with Gasteiger partial charge in [-0.1, -0.05) is 31.9 Å². The van der Waals surface area contributed by atoms with Gasteiger partial charge >= 0.3 is 0 Å². The van der Waals surface area contributed by atoms with Gasteiger partial charge in [-0.25, -0.2) is 0 Å². The van der Waals surface area contributed by atoms with Crippen molar-refractivity contribution in [2.45, 2.75) is 64.5 Å². The second kappa shape index (κ2) is 5.77. The van der Waals surface area contributed by atoms with Gasteiger partial charge in [-0.2, -0.15) is 0 Å². The van der Waals surface area contributed by atoms with Crippen molar-refractivity contribution >= 4 is 5.69 Å². The third-order valence-corrected chi connectivity index (χ3v) is 5.36. The molecule has 2 atom stereocenters. The van der Waals surface area contributed by atoms with E-state index in [2.05, 4.69) is 43.4 Å². The lowest BCUT2D eigenvalue weighted by molar-refractivity contribution is -0.114. The van der Waals surface area contributed by atoms with Crippen LogP contribution in [0, 0.1) is 5.41 Å². The fourth-order valence-corrected chi connectivity index (χ4v) is 4.17. The van der Waals surface area contributed by atoms with Crippen LogP contribution in [0.5, 0.6) is 0 Å². The van der Waals surface area contributed by atoms with E-state index in [1.807, 2.05) is 0 Å². The third kappa shape index (κ3) is 2.35. The first-order valence-electron chi connectivity index (χ1n) is 8.25. The van der Waals surface area contributed by atoms with E-state index in [-0.39, 0.29) is 0 Å². The van der Waals surface area contributed by atoms with Crippen molar-refractivity contribution in [3.05, 3.63) is 29.8 Å². The topological polar surface area (TPSA) is 21.3 Å². The first kappa shape index (κ1) is 13.9. The number of anilines is 1. The average molecular weight is 273 g/mol. The molecule has 2 saturated carbocycles. The molecule has 0 heterocycles. The van der Waals surface area contributed by atoms with Crippen LogP contribution in [0.3, 0.4) is 0 Å². The van der Waals surface area contributed by atoms with Crippen LogP contribution in [0.1, 0.15) is 51.5 Å². The van der Waals surface area contributed by atoms with Crippen LogP contribution in [0.25, 0.3) is 0 Å². The summed E-state index contributed by atoms with van der Waals surface area (Å²) in [6, 6.07) is 9.49. The molecule has 0 amide bonds. The Morgan fingerprint density at radius 3 is 2.75 bits per heavy atom. The van der Waals surface area contributed by atoms with Gasteiger partial charge in [0.25, 0.3) is 0 Å². The standard InChI is InChI=1S/C18H27NO/c1-3-14-8-7-9-15(12-14)19-16-13-17(20-4-2)18(16)10-5-6-11-18/h7-9,12,16-17,19H,3-6,10-11,13H2,1-2H3. The van der Waals surface area contributed by atoms with Gasteiger partial charge in [-0.05, 0) is 50.3 Å². The number of rotatable bonds is 5. The molecule has 0 bridgehead atoms. The number of hydrogen-bond acceptors (Lipinski definition) is 2. The summed E-state index contributed by atoms with van der Waals surface area (Å²) >= 11 is 0. The Balaban J connectivity index is 1.71. The van der Waals surface area contributed by atoms with Crippen LogP contribution >= 0.6 is 0 Å². The summed E-state index contributed by atoms with van der Waals surface area (Å²) < 4.78 is 5.99. The monoisotopic (exact) mass is 273 g/mol. The molecule has 2 fully saturated rings. The van der Waals surface area contributed by atoms with E-state index in [1.54, 1.807) is 0 Å². The minimum atomic E-state index is 0.415. The Kier molecular flexibility index (Phi) is 4.02. The molecule has 2 aliphatic rings. The summed E-state index contributed by atoms with van der Waals surface area (Å²) in [6.07, 6.45) is 8.18.